The maximum absolute atomic E-state index is 13.0. The molecule has 0 bridgehead atoms. The van der Waals surface area contributed by atoms with Crippen molar-refractivity contribution in [2.75, 3.05) is 13.2 Å². The third kappa shape index (κ3) is 5.16. The Morgan fingerprint density at radius 3 is 2.14 bits per heavy atom. The zero-order chi connectivity index (χ0) is 25.9. The second kappa shape index (κ2) is 10.4. The smallest absolute Gasteiger partial charge is 0.347 e. The van der Waals surface area contributed by atoms with Gasteiger partial charge < -0.3 is 28.8 Å². The van der Waals surface area contributed by atoms with Gasteiger partial charge in [0.15, 0.2) is 12.2 Å². The van der Waals surface area contributed by atoms with E-state index in [9.17, 15) is 19.5 Å². The number of esters is 3. The number of rotatable bonds is 6. The first kappa shape index (κ1) is 24.4. The number of para-hydroxylation sites is 2. The molecule has 37 heavy (non-hydrogen) atoms. The van der Waals surface area contributed by atoms with Crippen LogP contribution in [0.5, 0.6) is 11.5 Å². The first-order valence-corrected chi connectivity index (χ1v) is 11.6. The Hall–Kier alpha value is -4.28. The van der Waals surface area contributed by atoms with Gasteiger partial charge in [0.05, 0.1) is 18.8 Å². The predicted octanol–water partition coefficient (Wildman–Crippen LogP) is 2.86. The number of hydrogen-bond donors (Lipinski definition) is 1. The minimum absolute atomic E-state index is 0.0163. The molecule has 3 aromatic rings. The zero-order valence-corrected chi connectivity index (χ0v) is 19.7. The third-order valence-corrected chi connectivity index (χ3v) is 6.02. The van der Waals surface area contributed by atoms with E-state index in [1.165, 1.54) is 30.5 Å². The van der Waals surface area contributed by atoms with Crippen LogP contribution in [-0.2, 0) is 18.9 Å². The predicted molar refractivity (Wildman–Crippen MR) is 126 cm³/mol. The zero-order valence-electron chi connectivity index (χ0n) is 19.7. The molecule has 10 heteroatoms. The fourth-order valence-electron chi connectivity index (χ4n) is 4.23. The van der Waals surface area contributed by atoms with Crippen LogP contribution in [0.1, 0.15) is 36.6 Å². The molecule has 0 saturated carbocycles. The van der Waals surface area contributed by atoms with Gasteiger partial charge in [-0.05, 0) is 42.8 Å². The number of nitrogens with zero attached hydrogens (tertiary/aromatic N) is 1. The Morgan fingerprint density at radius 1 is 0.838 bits per heavy atom. The second-order valence-corrected chi connectivity index (χ2v) is 8.64. The van der Waals surface area contributed by atoms with E-state index in [4.69, 9.17) is 23.7 Å². The highest BCUT2D eigenvalue weighted by Gasteiger charge is 2.51. The number of fused-ring (bicyclic) bond motifs is 1. The van der Waals surface area contributed by atoms with Gasteiger partial charge in [0.25, 0.3) is 0 Å². The Labute approximate surface area is 211 Å². The van der Waals surface area contributed by atoms with Gasteiger partial charge in [0, 0.05) is 12.4 Å². The first-order valence-electron chi connectivity index (χ1n) is 11.6. The molecule has 2 aliphatic rings. The van der Waals surface area contributed by atoms with E-state index in [1.54, 1.807) is 36.5 Å². The molecular formula is C27H23NO9. The van der Waals surface area contributed by atoms with E-state index < -0.39 is 42.3 Å². The van der Waals surface area contributed by atoms with Gasteiger partial charge in [0.1, 0.15) is 34.8 Å². The number of aryl methyl sites for hydroxylation is 1. The molecular weight excluding hydrogens is 482 g/mol. The van der Waals surface area contributed by atoms with Crippen LogP contribution in [0.3, 0.4) is 0 Å². The minimum Gasteiger partial charge on any atom is -0.507 e. The van der Waals surface area contributed by atoms with Gasteiger partial charge in [-0.15, -0.1) is 0 Å². The van der Waals surface area contributed by atoms with Gasteiger partial charge in [-0.2, -0.15) is 0 Å². The van der Waals surface area contributed by atoms with Crippen molar-refractivity contribution < 1.29 is 43.2 Å². The molecule has 10 nitrogen and oxygen atoms in total. The number of phenolic OH excluding ortho intramolecular Hbond substituents is 1. The fraction of sp³-hybridized carbons (Fsp3) is 0.259. The molecule has 3 heterocycles. The van der Waals surface area contributed by atoms with Crippen LogP contribution in [0.4, 0.5) is 0 Å². The number of ether oxygens (including phenoxy) is 5. The van der Waals surface area contributed by atoms with E-state index in [2.05, 4.69) is 4.98 Å². The minimum atomic E-state index is -0.824. The maximum atomic E-state index is 13.0. The third-order valence-electron chi connectivity index (χ3n) is 6.02. The van der Waals surface area contributed by atoms with Gasteiger partial charge in [0.2, 0.25) is 0 Å². The summed E-state index contributed by atoms with van der Waals surface area (Å²) in [6, 6.07) is 13.7. The summed E-state index contributed by atoms with van der Waals surface area (Å²) in [5.41, 5.74) is 1.12. The van der Waals surface area contributed by atoms with Crippen molar-refractivity contribution in [1.29, 1.82) is 0 Å². The fourth-order valence-corrected chi connectivity index (χ4v) is 4.23. The van der Waals surface area contributed by atoms with E-state index in [0.717, 1.165) is 5.56 Å². The summed E-state index contributed by atoms with van der Waals surface area (Å²) >= 11 is 0. The van der Waals surface area contributed by atoms with Crippen LogP contribution >= 0.6 is 0 Å². The lowest BCUT2D eigenvalue weighted by Gasteiger charge is -2.18. The molecule has 1 aromatic heterocycles. The number of carbonyl (C=O) groups excluding carboxylic acids is 3. The van der Waals surface area contributed by atoms with E-state index in [0.29, 0.717) is 5.56 Å². The van der Waals surface area contributed by atoms with Crippen molar-refractivity contribution in [3.63, 3.8) is 0 Å². The molecule has 0 unspecified atom stereocenters. The van der Waals surface area contributed by atoms with Crippen molar-refractivity contribution in [2.24, 2.45) is 0 Å². The largest absolute Gasteiger partial charge is 0.507 e. The molecule has 0 amide bonds. The molecule has 190 valence electrons. The van der Waals surface area contributed by atoms with Crippen LogP contribution in [0, 0.1) is 6.92 Å². The van der Waals surface area contributed by atoms with E-state index in [1.807, 2.05) is 6.92 Å². The number of aromatic hydroxyl groups is 1. The summed E-state index contributed by atoms with van der Waals surface area (Å²) in [7, 11) is 0. The van der Waals surface area contributed by atoms with Gasteiger partial charge in [-0.25, -0.2) is 14.4 Å². The highest BCUT2D eigenvalue weighted by molar-refractivity contribution is 5.97. The number of carbonyl (C=O) groups is 3. The SMILES string of the molecule is Cc1cncc(C(=O)O[C@@H]2CO[C@H]3[C@@H]2OC[C@@H]3OC(=O)c2ccccc2OC(=O)c2ccccc2O)c1. The van der Waals surface area contributed by atoms with Crippen molar-refractivity contribution in [2.45, 2.75) is 31.3 Å². The standard InChI is InChI=1S/C27H23NO9/c1-15-10-16(12-28-11-15)25(30)36-21-13-33-24-22(14-34-23(21)24)37-27(32)18-7-3-5-9-20(18)35-26(31)17-6-2-4-8-19(17)29/h2-12,21-24,29H,13-14H2,1H3/t21-,22+,23-,24-/m1/s1. The summed E-state index contributed by atoms with van der Waals surface area (Å²) < 4.78 is 28.1. The molecule has 0 radical (unpaired) electrons. The maximum Gasteiger partial charge on any atom is 0.347 e. The van der Waals surface area contributed by atoms with Crippen molar-refractivity contribution in [1.82, 2.24) is 4.98 Å². The van der Waals surface area contributed by atoms with Crippen LogP contribution in [0.15, 0.2) is 67.0 Å². The van der Waals surface area contributed by atoms with Crippen LogP contribution < -0.4 is 4.74 Å². The quantitative estimate of drug-likeness (QED) is 0.394. The summed E-state index contributed by atoms with van der Waals surface area (Å²) in [6.07, 6.45) is 0.389. The lowest BCUT2D eigenvalue weighted by Crippen LogP contribution is -2.36. The Morgan fingerprint density at radius 2 is 1.46 bits per heavy atom. The number of hydrogen-bond acceptors (Lipinski definition) is 10. The topological polar surface area (TPSA) is 130 Å². The summed E-state index contributed by atoms with van der Waals surface area (Å²) in [5, 5.41) is 9.91. The molecule has 4 atom stereocenters. The number of benzene rings is 2. The average molecular weight is 505 g/mol. The Kier molecular flexibility index (Phi) is 6.85. The molecule has 2 fully saturated rings. The number of phenols is 1. The van der Waals surface area contributed by atoms with E-state index in [-0.39, 0.29) is 35.8 Å². The van der Waals surface area contributed by atoms with Crippen LogP contribution in [0.25, 0.3) is 0 Å². The molecule has 0 aliphatic carbocycles. The summed E-state index contributed by atoms with van der Waals surface area (Å²) in [4.78, 5) is 42.1. The van der Waals surface area contributed by atoms with Crippen molar-refractivity contribution in [3.05, 3.63) is 89.2 Å². The monoisotopic (exact) mass is 505 g/mol. The second-order valence-electron chi connectivity index (χ2n) is 8.64. The Bertz CT molecular complexity index is 1340. The van der Waals surface area contributed by atoms with Crippen LogP contribution in [-0.4, -0.2) is 65.6 Å². The Balaban J connectivity index is 1.23. The molecule has 1 N–H and O–H groups in total. The molecule has 2 aromatic carbocycles. The van der Waals surface area contributed by atoms with Gasteiger partial charge >= 0.3 is 17.9 Å². The van der Waals surface area contributed by atoms with Crippen LogP contribution in [0.2, 0.25) is 0 Å². The molecule has 5 rings (SSSR count). The highest BCUT2D eigenvalue weighted by atomic mass is 16.7. The van der Waals surface area contributed by atoms with Crippen molar-refractivity contribution >= 4 is 17.9 Å². The molecule has 2 aliphatic heterocycles. The molecule has 2 saturated heterocycles. The number of pyridine rings is 1. The molecule has 0 spiro atoms. The lowest BCUT2D eigenvalue weighted by atomic mass is 10.1. The summed E-state index contributed by atoms with van der Waals surface area (Å²) in [5.74, 6) is -2.38. The summed E-state index contributed by atoms with van der Waals surface area (Å²) in [6.45, 7) is 1.95. The normalized spacial score (nSPS) is 22.2. The first-order chi connectivity index (χ1) is 17.9. The van der Waals surface area contributed by atoms with Gasteiger partial charge in [-0.1, -0.05) is 24.3 Å². The average Bonchev–Trinajstić information content (AvgIpc) is 3.47. The highest BCUT2D eigenvalue weighted by Crippen LogP contribution is 2.32. The number of aromatic nitrogens is 1. The van der Waals surface area contributed by atoms with E-state index >= 15 is 0 Å². The van der Waals surface area contributed by atoms with Gasteiger partial charge in [-0.3, -0.25) is 4.98 Å². The lowest BCUT2D eigenvalue weighted by molar-refractivity contribution is -0.0288. The van der Waals surface area contributed by atoms with Crippen molar-refractivity contribution in [3.8, 4) is 11.5 Å².